The molecule has 0 saturated carbocycles. The summed E-state index contributed by atoms with van der Waals surface area (Å²) in [7, 11) is 0. The van der Waals surface area contributed by atoms with Crippen LogP contribution in [-0.4, -0.2) is 12.8 Å². The topological polar surface area (TPSA) is 38.7 Å². The van der Waals surface area contributed by atoms with E-state index in [0.29, 0.717) is 12.5 Å². The molecular formula is C18H37NO2. The molecule has 0 spiro atoms. The zero-order chi connectivity index (χ0) is 15.8. The molecule has 0 bridgehead atoms. The van der Waals surface area contributed by atoms with Crippen molar-refractivity contribution < 1.29 is 4.74 Å². The number of rotatable bonds is 16. The fraction of sp³-hybridized carbons (Fsp3) is 1.00. The van der Waals surface area contributed by atoms with E-state index >= 15 is 0 Å². The van der Waals surface area contributed by atoms with Crippen molar-refractivity contribution in [3.63, 3.8) is 0 Å². The van der Waals surface area contributed by atoms with Gasteiger partial charge in [-0.1, -0.05) is 78.1 Å². The van der Waals surface area contributed by atoms with E-state index in [2.05, 4.69) is 19.0 Å². The minimum atomic E-state index is -0.425. The van der Waals surface area contributed by atoms with Gasteiger partial charge in [0.2, 0.25) is 0 Å². The van der Waals surface area contributed by atoms with Gasteiger partial charge in [-0.05, 0) is 24.9 Å². The van der Waals surface area contributed by atoms with Crippen LogP contribution in [0.4, 0.5) is 0 Å². The van der Waals surface area contributed by atoms with Crippen molar-refractivity contribution in [2.24, 2.45) is 11.1 Å². The molecule has 0 aromatic carbocycles. The molecule has 0 saturated heterocycles. The zero-order valence-electron chi connectivity index (χ0n) is 14.6. The Morgan fingerprint density at radius 3 is 1.81 bits per heavy atom. The Hall–Kier alpha value is -0.440. The molecule has 2 unspecified atom stereocenters. The van der Waals surface area contributed by atoms with Gasteiger partial charge in [0.25, 0.3) is 0 Å². The van der Waals surface area contributed by atoms with Gasteiger partial charge in [-0.15, -0.1) is 4.91 Å². The second kappa shape index (κ2) is 15.9. The van der Waals surface area contributed by atoms with Crippen molar-refractivity contribution in [1.29, 1.82) is 0 Å². The first-order valence-electron chi connectivity index (χ1n) is 9.24. The molecule has 0 amide bonds. The molecular weight excluding hydrogens is 262 g/mol. The van der Waals surface area contributed by atoms with Gasteiger partial charge < -0.3 is 4.74 Å². The number of nitrogens with zero attached hydrogens (tertiary/aromatic N) is 1. The van der Waals surface area contributed by atoms with E-state index in [-0.39, 0.29) is 0 Å². The maximum atomic E-state index is 11.0. The third kappa shape index (κ3) is 11.9. The maximum Gasteiger partial charge on any atom is 0.192 e. The molecule has 0 heterocycles. The number of unbranched alkanes of at least 4 members (excludes halogenated alkanes) is 8. The smallest absolute Gasteiger partial charge is 0.192 e. The summed E-state index contributed by atoms with van der Waals surface area (Å²) in [6.07, 6.45) is 14.7. The third-order valence-electron chi connectivity index (χ3n) is 4.20. The normalized spacial score (nSPS) is 14.0. The van der Waals surface area contributed by atoms with E-state index in [0.717, 1.165) is 12.8 Å². The van der Waals surface area contributed by atoms with Gasteiger partial charge in [0.05, 0.1) is 0 Å². The van der Waals surface area contributed by atoms with Crippen LogP contribution in [-0.2, 0) is 4.74 Å². The van der Waals surface area contributed by atoms with Crippen molar-refractivity contribution in [3.05, 3.63) is 4.91 Å². The van der Waals surface area contributed by atoms with Crippen LogP contribution in [0.3, 0.4) is 0 Å². The Bertz CT molecular complexity index is 221. The maximum absolute atomic E-state index is 11.0. The largest absolute Gasteiger partial charge is 0.353 e. The molecule has 126 valence electrons. The highest BCUT2D eigenvalue weighted by atomic mass is 16.5. The molecule has 0 radical (unpaired) electrons. The summed E-state index contributed by atoms with van der Waals surface area (Å²) in [6.45, 7) is 6.96. The second-order valence-electron chi connectivity index (χ2n) is 6.12. The molecule has 0 aliphatic rings. The van der Waals surface area contributed by atoms with Crippen molar-refractivity contribution in [2.45, 2.75) is 104 Å². The van der Waals surface area contributed by atoms with E-state index in [1.165, 1.54) is 64.2 Å². The predicted molar refractivity (Wildman–Crippen MR) is 91.5 cm³/mol. The average Bonchev–Trinajstić information content (AvgIpc) is 2.51. The van der Waals surface area contributed by atoms with Crippen LogP contribution in [0.1, 0.15) is 97.8 Å². The lowest BCUT2D eigenvalue weighted by molar-refractivity contribution is 0.0176. The van der Waals surface area contributed by atoms with E-state index in [1.807, 2.05) is 6.92 Å². The van der Waals surface area contributed by atoms with E-state index in [1.54, 1.807) is 0 Å². The van der Waals surface area contributed by atoms with Gasteiger partial charge in [-0.2, -0.15) is 0 Å². The van der Waals surface area contributed by atoms with Crippen molar-refractivity contribution in [1.82, 2.24) is 0 Å². The number of hydrogen-bond acceptors (Lipinski definition) is 3. The van der Waals surface area contributed by atoms with Gasteiger partial charge in [0.1, 0.15) is 0 Å². The van der Waals surface area contributed by atoms with E-state index < -0.39 is 6.23 Å². The fourth-order valence-corrected chi connectivity index (χ4v) is 2.86. The lowest BCUT2D eigenvalue weighted by Gasteiger charge is -2.21. The van der Waals surface area contributed by atoms with Crippen molar-refractivity contribution >= 4 is 0 Å². The summed E-state index contributed by atoms with van der Waals surface area (Å²) in [5, 5.41) is 3.21. The third-order valence-corrected chi connectivity index (χ3v) is 4.20. The molecule has 0 N–H and O–H groups in total. The Labute approximate surface area is 132 Å². The molecule has 21 heavy (non-hydrogen) atoms. The fourth-order valence-electron chi connectivity index (χ4n) is 2.86. The van der Waals surface area contributed by atoms with Gasteiger partial charge in [0, 0.05) is 12.5 Å². The first-order chi connectivity index (χ1) is 10.3. The lowest BCUT2D eigenvalue weighted by atomic mass is 9.93. The van der Waals surface area contributed by atoms with Crippen LogP contribution in [0.25, 0.3) is 0 Å². The van der Waals surface area contributed by atoms with Crippen LogP contribution in [0.2, 0.25) is 0 Å². The Morgan fingerprint density at radius 2 is 1.29 bits per heavy atom. The van der Waals surface area contributed by atoms with Crippen LogP contribution in [0.5, 0.6) is 0 Å². The summed E-state index contributed by atoms with van der Waals surface area (Å²) >= 11 is 0. The van der Waals surface area contributed by atoms with Crippen LogP contribution in [0.15, 0.2) is 5.18 Å². The minimum absolute atomic E-state index is 0.322. The van der Waals surface area contributed by atoms with Gasteiger partial charge in [-0.25, -0.2) is 0 Å². The number of hydrogen-bond donors (Lipinski definition) is 0. The molecule has 0 rings (SSSR count). The molecule has 0 aromatic rings. The highest BCUT2D eigenvalue weighted by molar-refractivity contribution is 4.69. The highest BCUT2D eigenvalue weighted by Gasteiger charge is 2.21. The minimum Gasteiger partial charge on any atom is -0.353 e. The van der Waals surface area contributed by atoms with Gasteiger partial charge >= 0.3 is 0 Å². The number of ether oxygens (including phenoxy) is 1. The lowest BCUT2D eigenvalue weighted by Crippen LogP contribution is -2.22. The Morgan fingerprint density at radius 1 is 0.762 bits per heavy atom. The molecule has 0 aromatic heterocycles. The molecule has 0 aliphatic heterocycles. The van der Waals surface area contributed by atoms with Crippen molar-refractivity contribution in [2.75, 3.05) is 6.61 Å². The van der Waals surface area contributed by atoms with E-state index in [4.69, 9.17) is 4.74 Å². The summed E-state index contributed by atoms with van der Waals surface area (Å²) in [4.78, 5) is 11.0. The molecule has 3 heteroatoms. The average molecular weight is 299 g/mol. The summed E-state index contributed by atoms with van der Waals surface area (Å²) in [5.41, 5.74) is 0. The van der Waals surface area contributed by atoms with E-state index in [9.17, 15) is 4.91 Å². The van der Waals surface area contributed by atoms with Crippen LogP contribution >= 0.6 is 0 Å². The summed E-state index contributed by atoms with van der Waals surface area (Å²) < 4.78 is 5.49. The summed E-state index contributed by atoms with van der Waals surface area (Å²) in [6, 6.07) is 0. The SMILES string of the molecule is CCCCCCCCCCC(CCCC)C(N=O)OCC. The standard InChI is InChI=1S/C18H37NO2/c1-4-7-9-10-11-12-13-14-16-17(15-8-5-2)18(19-20)21-6-3/h17-18H,4-16H2,1-3H3. The Kier molecular flexibility index (Phi) is 15.6. The monoisotopic (exact) mass is 299 g/mol. The van der Waals surface area contributed by atoms with Gasteiger partial charge in [0.15, 0.2) is 6.23 Å². The van der Waals surface area contributed by atoms with Crippen LogP contribution < -0.4 is 0 Å². The number of nitroso groups, excluding NO2 is 1. The molecule has 0 fully saturated rings. The van der Waals surface area contributed by atoms with Gasteiger partial charge in [-0.3, -0.25) is 0 Å². The second-order valence-corrected chi connectivity index (χ2v) is 6.12. The quantitative estimate of drug-likeness (QED) is 0.242. The van der Waals surface area contributed by atoms with Crippen molar-refractivity contribution in [3.8, 4) is 0 Å². The molecule has 0 aliphatic carbocycles. The highest BCUT2D eigenvalue weighted by Crippen LogP contribution is 2.24. The first-order valence-corrected chi connectivity index (χ1v) is 9.24. The Balaban J connectivity index is 3.81. The summed E-state index contributed by atoms with van der Waals surface area (Å²) in [5.74, 6) is 0.322. The zero-order valence-corrected chi connectivity index (χ0v) is 14.6. The molecule has 3 nitrogen and oxygen atoms in total. The predicted octanol–water partition coefficient (Wildman–Crippen LogP) is 6.45. The van der Waals surface area contributed by atoms with Crippen LogP contribution in [0, 0.1) is 10.8 Å². The first kappa shape index (κ1) is 20.6. The molecule has 2 atom stereocenters.